The summed E-state index contributed by atoms with van der Waals surface area (Å²) in [6, 6.07) is 9.97. The molecule has 2 aromatic carbocycles. The molecule has 1 aliphatic heterocycles. The first-order chi connectivity index (χ1) is 16.8. The lowest BCUT2D eigenvalue weighted by Crippen LogP contribution is -2.38. The minimum atomic E-state index is -1.01. The summed E-state index contributed by atoms with van der Waals surface area (Å²) in [4.78, 5) is 62.1. The molecule has 1 N–H and O–H groups in total. The largest absolute Gasteiger partial charge is 0.320 e. The Hall–Kier alpha value is -4.41. The summed E-state index contributed by atoms with van der Waals surface area (Å²) in [6.45, 7) is 0. The van der Waals surface area contributed by atoms with Crippen molar-refractivity contribution in [1.82, 2.24) is 4.90 Å². The van der Waals surface area contributed by atoms with Crippen molar-refractivity contribution in [2.75, 3.05) is 5.32 Å². The number of non-ortho nitro benzene ring substituents is 1. The van der Waals surface area contributed by atoms with Crippen LogP contribution in [0.5, 0.6) is 0 Å². The third-order valence-electron chi connectivity index (χ3n) is 7.06. The van der Waals surface area contributed by atoms with Crippen molar-refractivity contribution in [3.05, 3.63) is 86.5 Å². The number of nitrogens with zero attached hydrogens (tertiary/aromatic N) is 3. The van der Waals surface area contributed by atoms with Gasteiger partial charge in [0, 0.05) is 18.2 Å². The van der Waals surface area contributed by atoms with Gasteiger partial charge >= 0.3 is 0 Å². The fourth-order valence-electron chi connectivity index (χ4n) is 5.52. The molecule has 11 heteroatoms. The summed E-state index contributed by atoms with van der Waals surface area (Å²) < 4.78 is 0. The Morgan fingerprint density at radius 2 is 1.54 bits per heavy atom. The monoisotopic (exact) mass is 476 g/mol. The van der Waals surface area contributed by atoms with E-state index in [1.165, 1.54) is 48.5 Å². The normalized spacial score (nSPS) is 25.0. The summed E-state index contributed by atoms with van der Waals surface area (Å²) in [6.07, 6.45) is 4.32. The molecule has 0 radical (unpaired) electrons. The SMILES string of the molecule is O=C(CC(c1ccc([N+](=O)[O-])cc1)N1C(=O)C2C3C=CC(C3)C2C1=O)Nc1ccccc1[N+](=O)[O-]. The molecule has 5 rings (SSSR count). The molecule has 2 bridgehead atoms. The van der Waals surface area contributed by atoms with Gasteiger partial charge in [-0.3, -0.25) is 39.5 Å². The first-order valence-corrected chi connectivity index (χ1v) is 11.1. The van der Waals surface area contributed by atoms with Crippen LogP contribution in [-0.4, -0.2) is 32.5 Å². The molecule has 5 unspecified atom stereocenters. The standard InChI is InChI=1S/C24H20N4O7/c29-20(25-17-3-1-2-4-18(17)28(34)35)12-19(13-7-9-16(10-8-13)27(32)33)26-23(30)21-14-5-6-15(11-14)22(21)24(26)31/h1-10,14-15,19,21-22H,11-12H2,(H,25,29). The number of rotatable bonds is 7. The summed E-state index contributed by atoms with van der Waals surface area (Å²) in [5, 5.41) is 24.9. The number of amides is 3. The lowest BCUT2D eigenvalue weighted by atomic mass is 9.85. The van der Waals surface area contributed by atoms with Crippen LogP contribution in [0.1, 0.15) is 24.4 Å². The molecule has 1 saturated heterocycles. The van der Waals surface area contributed by atoms with Crippen molar-refractivity contribution in [2.45, 2.75) is 18.9 Å². The van der Waals surface area contributed by atoms with Crippen molar-refractivity contribution >= 4 is 34.8 Å². The van der Waals surface area contributed by atoms with Crippen LogP contribution in [-0.2, 0) is 14.4 Å². The summed E-state index contributed by atoms with van der Waals surface area (Å²) >= 11 is 0. The molecule has 2 aliphatic carbocycles. The molecule has 3 aliphatic rings. The van der Waals surface area contributed by atoms with Gasteiger partial charge in [0.15, 0.2) is 0 Å². The lowest BCUT2D eigenvalue weighted by Gasteiger charge is -2.28. The first kappa shape index (κ1) is 22.4. The van der Waals surface area contributed by atoms with Crippen LogP contribution in [0.25, 0.3) is 0 Å². The zero-order valence-electron chi connectivity index (χ0n) is 18.3. The highest BCUT2D eigenvalue weighted by Gasteiger charge is 2.60. The van der Waals surface area contributed by atoms with Gasteiger partial charge in [0.25, 0.3) is 11.4 Å². The van der Waals surface area contributed by atoms with Crippen molar-refractivity contribution < 1.29 is 24.2 Å². The molecule has 11 nitrogen and oxygen atoms in total. The van der Waals surface area contributed by atoms with Crippen molar-refractivity contribution in [1.29, 1.82) is 0 Å². The van der Waals surface area contributed by atoms with E-state index in [-0.39, 0.29) is 47.1 Å². The molecule has 2 fully saturated rings. The lowest BCUT2D eigenvalue weighted by molar-refractivity contribution is -0.384. The zero-order valence-corrected chi connectivity index (χ0v) is 18.3. The molecule has 178 valence electrons. The Labute approximate surface area is 198 Å². The smallest absolute Gasteiger partial charge is 0.292 e. The van der Waals surface area contributed by atoms with Gasteiger partial charge in [0.1, 0.15) is 5.69 Å². The van der Waals surface area contributed by atoms with E-state index < -0.39 is 33.6 Å². The second-order valence-corrected chi connectivity index (χ2v) is 8.94. The van der Waals surface area contributed by atoms with E-state index in [4.69, 9.17) is 0 Å². The number of fused-ring (bicyclic) bond motifs is 5. The number of hydrogen-bond donors (Lipinski definition) is 1. The van der Waals surface area contributed by atoms with Crippen LogP contribution in [0.3, 0.4) is 0 Å². The number of para-hydroxylation sites is 2. The number of carbonyl (C=O) groups is 3. The second-order valence-electron chi connectivity index (χ2n) is 8.94. The number of nitro benzene ring substituents is 2. The molecule has 2 aromatic rings. The number of likely N-dealkylation sites (tertiary alicyclic amines) is 1. The van der Waals surface area contributed by atoms with Gasteiger partial charge in [-0.15, -0.1) is 0 Å². The van der Waals surface area contributed by atoms with Crippen LogP contribution in [0.15, 0.2) is 60.7 Å². The minimum Gasteiger partial charge on any atom is -0.320 e. The van der Waals surface area contributed by atoms with E-state index in [1.807, 2.05) is 12.2 Å². The van der Waals surface area contributed by atoms with Crippen molar-refractivity contribution in [3.8, 4) is 0 Å². The Morgan fingerprint density at radius 1 is 0.943 bits per heavy atom. The van der Waals surface area contributed by atoms with Gasteiger partial charge in [-0.25, -0.2) is 0 Å². The Kier molecular flexibility index (Phi) is 5.39. The summed E-state index contributed by atoms with van der Waals surface area (Å²) in [5.41, 5.74) is -0.0910. The molecule has 1 saturated carbocycles. The summed E-state index contributed by atoms with van der Waals surface area (Å²) in [7, 11) is 0. The van der Waals surface area contributed by atoms with Crippen LogP contribution >= 0.6 is 0 Å². The molecule has 5 atom stereocenters. The maximum atomic E-state index is 13.4. The predicted molar refractivity (Wildman–Crippen MR) is 122 cm³/mol. The van der Waals surface area contributed by atoms with E-state index in [0.717, 1.165) is 11.3 Å². The van der Waals surface area contributed by atoms with E-state index >= 15 is 0 Å². The fourth-order valence-corrected chi connectivity index (χ4v) is 5.52. The molecule has 0 spiro atoms. The van der Waals surface area contributed by atoms with Gasteiger partial charge in [0.2, 0.25) is 17.7 Å². The number of benzene rings is 2. The Bertz CT molecular complexity index is 1260. The highest BCUT2D eigenvalue weighted by molar-refractivity contribution is 6.07. The van der Waals surface area contributed by atoms with Crippen LogP contribution < -0.4 is 5.32 Å². The Morgan fingerprint density at radius 3 is 2.11 bits per heavy atom. The van der Waals surface area contributed by atoms with E-state index in [9.17, 15) is 34.6 Å². The minimum absolute atomic E-state index is 0.0110. The van der Waals surface area contributed by atoms with Gasteiger partial charge in [-0.2, -0.15) is 0 Å². The number of anilines is 1. The number of hydrogen-bond acceptors (Lipinski definition) is 7. The van der Waals surface area contributed by atoms with Crippen LogP contribution in [0, 0.1) is 43.9 Å². The van der Waals surface area contributed by atoms with Gasteiger partial charge < -0.3 is 5.32 Å². The van der Waals surface area contributed by atoms with Crippen molar-refractivity contribution in [2.24, 2.45) is 23.7 Å². The van der Waals surface area contributed by atoms with Gasteiger partial charge in [-0.1, -0.05) is 36.4 Å². The van der Waals surface area contributed by atoms with Crippen LogP contribution in [0.2, 0.25) is 0 Å². The molecule has 35 heavy (non-hydrogen) atoms. The summed E-state index contributed by atoms with van der Waals surface area (Å²) in [5.74, 6) is -2.36. The number of nitrogens with one attached hydrogen (secondary N) is 1. The number of allylic oxidation sites excluding steroid dienone is 2. The van der Waals surface area contributed by atoms with E-state index in [0.29, 0.717) is 5.56 Å². The molecular formula is C24H20N4O7. The number of nitro groups is 2. The fraction of sp³-hybridized carbons (Fsp3) is 0.292. The third kappa shape index (κ3) is 3.74. The van der Waals surface area contributed by atoms with E-state index in [2.05, 4.69) is 5.32 Å². The van der Waals surface area contributed by atoms with Crippen molar-refractivity contribution in [3.63, 3.8) is 0 Å². The Balaban J connectivity index is 1.46. The zero-order chi connectivity index (χ0) is 24.9. The average molecular weight is 476 g/mol. The highest BCUT2D eigenvalue weighted by Crippen LogP contribution is 2.54. The number of carbonyl (C=O) groups excluding carboxylic acids is 3. The van der Waals surface area contributed by atoms with Gasteiger partial charge in [0.05, 0.1) is 34.1 Å². The first-order valence-electron chi connectivity index (χ1n) is 11.1. The molecular weight excluding hydrogens is 456 g/mol. The third-order valence-corrected chi connectivity index (χ3v) is 7.06. The molecule has 1 heterocycles. The van der Waals surface area contributed by atoms with Gasteiger partial charge in [-0.05, 0) is 29.9 Å². The van der Waals surface area contributed by atoms with E-state index in [1.54, 1.807) is 0 Å². The quantitative estimate of drug-likeness (QED) is 0.278. The van der Waals surface area contributed by atoms with Crippen LogP contribution in [0.4, 0.5) is 17.1 Å². The predicted octanol–water partition coefficient (Wildman–Crippen LogP) is 3.38. The molecule has 3 amide bonds. The molecule has 0 aromatic heterocycles. The topological polar surface area (TPSA) is 153 Å². The maximum absolute atomic E-state index is 13.4. The maximum Gasteiger partial charge on any atom is 0.292 e. The average Bonchev–Trinajstić information content (AvgIpc) is 3.52. The number of imide groups is 1. The second kappa shape index (κ2) is 8.42. The highest BCUT2D eigenvalue weighted by atomic mass is 16.6.